The van der Waals surface area contributed by atoms with Gasteiger partial charge in [0.1, 0.15) is 0 Å². The fraction of sp³-hybridized carbons (Fsp3) is 0.364. The fourth-order valence-electron chi connectivity index (χ4n) is 1.37. The number of nitrogens with zero attached hydrogens (tertiary/aromatic N) is 1. The molecule has 92 valence electrons. The van der Waals surface area contributed by atoms with E-state index in [1.54, 1.807) is 19.1 Å². The number of benzene rings is 1. The molecule has 0 saturated carbocycles. The summed E-state index contributed by atoms with van der Waals surface area (Å²) in [6.07, 6.45) is 0. The molecule has 0 spiro atoms. The minimum atomic E-state index is -0.486. The first kappa shape index (κ1) is 13.1. The second-order valence-electron chi connectivity index (χ2n) is 3.58. The van der Waals surface area contributed by atoms with Crippen molar-refractivity contribution in [3.05, 3.63) is 39.9 Å². The lowest BCUT2D eigenvalue weighted by molar-refractivity contribution is -0.384. The number of nitrogens with one attached hydrogen (secondary N) is 1. The van der Waals surface area contributed by atoms with Gasteiger partial charge in [-0.3, -0.25) is 14.9 Å². The molecule has 17 heavy (non-hydrogen) atoms. The van der Waals surface area contributed by atoms with Crippen molar-refractivity contribution in [2.75, 3.05) is 13.2 Å². The third kappa shape index (κ3) is 3.53. The zero-order chi connectivity index (χ0) is 12.8. The molecule has 0 radical (unpaired) electrons. The number of aliphatic hydroxyl groups is 1. The quantitative estimate of drug-likeness (QED) is 0.586. The van der Waals surface area contributed by atoms with E-state index in [2.05, 4.69) is 5.32 Å². The van der Waals surface area contributed by atoms with Crippen LogP contribution in [0.1, 0.15) is 18.4 Å². The van der Waals surface area contributed by atoms with Gasteiger partial charge in [-0.1, -0.05) is 12.1 Å². The lowest BCUT2D eigenvalue weighted by atomic mass is 10.0. The molecule has 6 nitrogen and oxygen atoms in total. The molecule has 0 bridgehead atoms. The standard InChI is InChI=1S/C11H14N2O4/c1-8(11(15)12-6-7-14)9-2-4-10(5-3-9)13(16)17/h2-5,8,14H,6-7H2,1H3,(H,12,15)/t8-/m0/s1. The van der Waals surface area contributed by atoms with Gasteiger partial charge in [0, 0.05) is 18.7 Å². The highest BCUT2D eigenvalue weighted by Gasteiger charge is 2.15. The molecule has 1 aromatic carbocycles. The second-order valence-corrected chi connectivity index (χ2v) is 3.58. The van der Waals surface area contributed by atoms with Crippen LogP contribution in [0.5, 0.6) is 0 Å². The smallest absolute Gasteiger partial charge is 0.269 e. The van der Waals surface area contributed by atoms with Crippen LogP contribution < -0.4 is 5.32 Å². The maximum absolute atomic E-state index is 11.6. The summed E-state index contributed by atoms with van der Waals surface area (Å²) in [5.41, 5.74) is 0.697. The monoisotopic (exact) mass is 238 g/mol. The molecule has 6 heteroatoms. The van der Waals surface area contributed by atoms with Gasteiger partial charge in [-0.25, -0.2) is 0 Å². The predicted molar refractivity (Wildman–Crippen MR) is 61.6 cm³/mol. The van der Waals surface area contributed by atoms with Crippen LogP contribution in [0.2, 0.25) is 0 Å². The van der Waals surface area contributed by atoms with E-state index in [1.165, 1.54) is 12.1 Å². The van der Waals surface area contributed by atoms with Crippen LogP contribution in [0.25, 0.3) is 0 Å². The number of nitro benzene ring substituents is 1. The van der Waals surface area contributed by atoms with Gasteiger partial charge in [0.25, 0.3) is 5.69 Å². The van der Waals surface area contributed by atoms with E-state index in [0.717, 1.165) is 0 Å². The number of nitro groups is 1. The van der Waals surface area contributed by atoms with E-state index in [0.29, 0.717) is 5.56 Å². The van der Waals surface area contributed by atoms with Crippen LogP contribution in [0.3, 0.4) is 0 Å². The van der Waals surface area contributed by atoms with Gasteiger partial charge in [0.05, 0.1) is 17.4 Å². The number of hydrogen-bond acceptors (Lipinski definition) is 4. The molecular formula is C11H14N2O4. The normalized spacial score (nSPS) is 11.9. The molecule has 2 N–H and O–H groups in total. The molecule has 1 atom stereocenters. The van der Waals surface area contributed by atoms with Crippen molar-refractivity contribution < 1.29 is 14.8 Å². The third-order valence-electron chi connectivity index (χ3n) is 2.41. The average Bonchev–Trinajstić information content (AvgIpc) is 2.35. The van der Waals surface area contributed by atoms with E-state index in [-0.39, 0.29) is 24.7 Å². The Bertz CT molecular complexity index is 402. The molecule has 0 saturated heterocycles. The van der Waals surface area contributed by atoms with Gasteiger partial charge >= 0.3 is 0 Å². The van der Waals surface area contributed by atoms with Gasteiger partial charge in [0.15, 0.2) is 0 Å². The van der Waals surface area contributed by atoms with Gasteiger partial charge in [0.2, 0.25) is 5.91 Å². The molecule has 1 amide bonds. The van der Waals surface area contributed by atoms with Crippen molar-refractivity contribution in [1.82, 2.24) is 5.32 Å². The van der Waals surface area contributed by atoms with Crippen LogP contribution in [0, 0.1) is 10.1 Å². The maximum Gasteiger partial charge on any atom is 0.269 e. The van der Waals surface area contributed by atoms with Crippen molar-refractivity contribution in [3.8, 4) is 0 Å². The minimum Gasteiger partial charge on any atom is -0.395 e. The summed E-state index contributed by atoms with van der Waals surface area (Å²) < 4.78 is 0. The molecule has 1 aromatic rings. The molecule has 0 unspecified atom stereocenters. The summed E-state index contributed by atoms with van der Waals surface area (Å²) in [7, 11) is 0. The number of non-ortho nitro benzene ring substituents is 1. The zero-order valence-corrected chi connectivity index (χ0v) is 9.42. The predicted octanol–water partition coefficient (Wildman–Crippen LogP) is 0.807. The van der Waals surface area contributed by atoms with Crippen LogP contribution in [-0.2, 0) is 4.79 Å². The first-order valence-electron chi connectivity index (χ1n) is 5.19. The van der Waals surface area contributed by atoms with Crippen molar-refractivity contribution in [2.24, 2.45) is 0 Å². The van der Waals surface area contributed by atoms with Gasteiger partial charge < -0.3 is 10.4 Å². The molecule has 1 rings (SSSR count). The van der Waals surface area contributed by atoms with Crippen molar-refractivity contribution in [2.45, 2.75) is 12.8 Å². The summed E-state index contributed by atoms with van der Waals surface area (Å²) in [4.78, 5) is 21.5. The third-order valence-corrected chi connectivity index (χ3v) is 2.41. The summed E-state index contributed by atoms with van der Waals surface area (Å²) in [5, 5.41) is 21.6. The summed E-state index contributed by atoms with van der Waals surface area (Å²) >= 11 is 0. The molecule has 0 fully saturated rings. The van der Waals surface area contributed by atoms with Crippen molar-refractivity contribution in [3.63, 3.8) is 0 Å². The first-order valence-corrected chi connectivity index (χ1v) is 5.19. The van der Waals surface area contributed by atoms with Crippen molar-refractivity contribution >= 4 is 11.6 Å². The molecule has 0 aromatic heterocycles. The number of carbonyl (C=O) groups excluding carboxylic acids is 1. The fourth-order valence-corrected chi connectivity index (χ4v) is 1.37. The van der Waals surface area contributed by atoms with E-state index in [1.807, 2.05) is 0 Å². The van der Waals surface area contributed by atoms with E-state index in [4.69, 9.17) is 5.11 Å². The molecule has 0 aliphatic rings. The van der Waals surface area contributed by atoms with E-state index < -0.39 is 10.8 Å². The van der Waals surface area contributed by atoms with Crippen LogP contribution >= 0.6 is 0 Å². The van der Waals surface area contributed by atoms with Gasteiger partial charge in [-0.2, -0.15) is 0 Å². The number of amides is 1. The van der Waals surface area contributed by atoms with Gasteiger partial charge in [-0.05, 0) is 12.5 Å². The van der Waals surface area contributed by atoms with Crippen LogP contribution in [-0.4, -0.2) is 29.1 Å². The number of carbonyl (C=O) groups is 1. The first-order chi connectivity index (χ1) is 8.06. The Hall–Kier alpha value is -1.95. The lowest BCUT2D eigenvalue weighted by Crippen LogP contribution is -2.30. The Morgan fingerprint density at radius 3 is 2.53 bits per heavy atom. The average molecular weight is 238 g/mol. The molecule has 0 aliphatic carbocycles. The Kier molecular flexibility index (Phi) is 4.59. The Labute approximate surface area is 98.4 Å². The minimum absolute atomic E-state index is 0.00304. The number of rotatable bonds is 5. The molecule has 0 heterocycles. The van der Waals surface area contributed by atoms with Crippen LogP contribution in [0.4, 0.5) is 5.69 Å². The molecule has 0 aliphatic heterocycles. The zero-order valence-electron chi connectivity index (χ0n) is 9.42. The maximum atomic E-state index is 11.6. The highest BCUT2D eigenvalue weighted by Crippen LogP contribution is 2.19. The number of aliphatic hydroxyl groups excluding tert-OH is 1. The highest BCUT2D eigenvalue weighted by molar-refractivity contribution is 5.83. The largest absolute Gasteiger partial charge is 0.395 e. The second kappa shape index (κ2) is 5.95. The summed E-state index contributed by atoms with van der Waals surface area (Å²) in [6, 6.07) is 5.85. The highest BCUT2D eigenvalue weighted by atomic mass is 16.6. The van der Waals surface area contributed by atoms with Crippen molar-refractivity contribution in [1.29, 1.82) is 0 Å². The lowest BCUT2D eigenvalue weighted by Gasteiger charge is -2.11. The summed E-state index contributed by atoms with van der Waals surface area (Å²) in [6.45, 7) is 1.79. The Morgan fingerprint density at radius 1 is 1.47 bits per heavy atom. The topological polar surface area (TPSA) is 92.5 Å². The Morgan fingerprint density at radius 2 is 2.06 bits per heavy atom. The Balaban J connectivity index is 2.72. The van der Waals surface area contributed by atoms with E-state index >= 15 is 0 Å². The molecular weight excluding hydrogens is 224 g/mol. The van der Waals surface area contributed by atoms with Crippen LogP contribution in [0.15, 0.2) is 24.3 Å². The van der Waals surface area contributed by atoms with E-state index in [9.17, 15) is 14.9 Å². The van der Waals surface area contributed by atoms with Gasteiger partial charge in [-0.15, -0.1) is 0 Å². The summed E-state index contributed by atoms with van der Waals surface area (Å²) in [5.74, 6) is -0.616. The number of hydrogen-bond donors (Lipinski definition) is 2. The SMILES string of the molecule is C[C@H](C(=O)NCCO)c1ccc([N+](=O)[O-])cc1.